The summed E-state index contributed by atoms with van der Waals surface area (Å²) in [5.74, 6) is -1.40. The summed E-state index contributed by atoms with van der Waals surface area (Å²) in [6.07, 6.45) is -5.82. The van der Waals surface area contributed by atoms with Gasteiger partial charge in [0.1, 0.15) is 0 Å². The number of rotatable bonds is 2. The first-order valence-electron chi connectivity index (χ1n) is 4.73. The molecule has 0 spiro atoms. The Hall–Kier alpha value is -1.03. The number of alkyl halides is 3. The van der Waals surface area contributed by atoms with Gasteiger partial charge in [0.25, 0.3) is 0 Å². The zero-order valence-electron chi connectivity index (χ0n) is 8.57. The van der Waals surface area contributed by atoms with Crippen LogP contribution in [0.2, 0.25) is 0 Å². The van der Waals surface area contributed by atoms with Gasteiger partial charge in [0.15, 0.2) is 0 Å². The van der Waals surface area contributed by atoms with Gasteiger partial charge in [-0.1, -0.05) is 0 Å². The Morgan fingerprint density at radius 1 is 1.29 bits per heavy atom. The summed E-state index contributed by atoms with van der Waals surface area (Å²) in [6, 6.07) is 0. The second kappa shape index (κ2) is 5.54. The second-order valence-corrected chi connectivity index (χ2v) is 4.23. The molecule has 1 aliphatic rings. The number of carbonyl (C=O) groups excluding carboxylic acids is 1. The molecule has 100 valence electrons. The standard InChI is InChI=1S/C7H11F3N2O4S/c8-7(9,10)5-1-3-12(4-2-5)16-6(13)11-17(14)15/h5,17H,1-4H2,(H,11,13,14,15). The van der Waals surface area contributed by atoms with E-state index < -0.39 is 29.1 Å². The van der Waals surface area contributed by atoms with E-state index in [1.807, 2.05) is 0 Å². The second-order valence-electron chi connectivity index (χ2n) is 3.49. The molecule has 0 aliphatic carbocycles. The van der Waals surface area contributed by atoms with Crippen molar-refractivity contribution >= 4 is 17.0 Å². The minimum Gasteiger partial charge on any atom is -0.350 e. The summed E-state index contributed by atoms with van der Waals surface area (Å²) in [7, 11) is -3.13. The molecule has 1 N–H and O–H groups in total. The van der Waals surface area contributed by atoms with Crippen molar-refractivity contribution in [1.29, 1.82) is 0 Å². The molecule has 0 aromatic carbocycles. The summed E-state index contributed by atoms with van der Waals surface area (Å²) in [6.45, 7) is -0.152. The van der Waals surface area contributed by atoms with Gasteiger partial charge in [-0.15, -0.1) is 5.06 Å². The van der Waals surface area contributed by atoms with Crippen molar-refractivity contribution in [2.24, 2.45) is 5.92 Å². The van der Waals surface area contributed by atoms with Crippen LogP contribution in [0.4, 0.5) is 18.0 Å². The third-order valence-electron chi connectivity index (χ3n) is 2.31. The van der Waals surface area contributed by atoms with Crippen LogP contribution in [0.5, 0.6) is 0 Å². The van der Waals surface area contributed by atoms with Crippen molar-refractivity contribution < 1.29 is 31.2 Å². The highest BCUT2D eigenvalue weighted by atomic mass is 32.2. The van der Waals surface area contributed by atoms with E-state index in [9.17, 15) is 26.4 Å². The number of thiol groups is 1. The minimum absolute atomic E-state index is 0.0762. The van der Waals surface area contributed by atoms with Crippen molar-refractivity contribution in [1.82, 2.24) is 9.79 Å². The van der Waals surface area contributed by atoms with Crippen molar-refractivity contribution in [3.05, 3.63) is 0 Å². The monoisotopic (exact) mass is 276 g/mol. The Balaban J connectivity index is 2.35. The van der Waals surface area contributed by atoms with Gasteiger partial charge < -0.3 is 4.84 Å². The third-order valence-corrected chi connectivity index (χ3v) is 2.68. The maximum absolute atomic E-state index is 12.3. The average molecular weight is 276 g/mol. The molecule has 10 heteroatoms. The molecule has 17 heavy (non-hydrogen) atoms. The van der Waals surface area contributed by atoms with Crippen molar-refractivity contribution in [3.8, 4) is 0 Å². The summed E-state index contributed by atoms with van der Waals surface area (Å²) in [5.41, 5.74) is 0. The molecule has 1 heterocycles. The number of hydrogen-bond acceptors (Lipinski definition) is 5. The molecule has 0 aromatic rings. The highest BCUT2D eigenvalue weighted by molar-refractivity contribution is 7.70. The fourth-order valence-electron chi connectivity index (χ4n) is 1.49. The maximum Gasteiger partial charge on any atom is 0.439 e. The fourth-order valence-corrected chi connectivity index (χ4v) is 1.68. The summed E-state index contributed by atoms with van der Waals surface area (Å²) < 4.78 is 58.5. The first-order chi connectivity index (χ1) is 7.79. The average Bonchev–Trinajstić information content (AvgIpc) is 2.15. The van der Waals surface area contributed by atoms with Gasteiger partial charge in [0.05, 0.1) is 5.92 Å². The first-order valence-corrected chi connectivity index (χ1v) is 5.91. The number of piperidine rings is 1. The van der Waals surface area contributed by atoms with Crippen molar-refractivity contribution in [2.45, 2.75) is 19.0 Å². The van der Waals surface area contributed by atoms with Crippen LogP contribution >= 0.6 is 0 Å². The molecule has 1 aliphatic heterocycles. The number of hydroxylamine groups is 2. The zero-order valence-corrected chi connectivity index (χ0v) is 9.46. The lowest BCUT2D eigenvalue weighted by atomic mass is 9.97. The molecule has 1 amide bonds. The van der Waals surface area contributed by atoms with E-state index in [1.165, 1.54) is 4.72 Å². The molecular formula is C7H11F3N2O4S. The largest absolute Gasteiger partial charge is 0.439 e. The molecule has 0 aromatic heterocycles. The summed E-state index contributed by atoms with van der Waals surface area (Å²) in [5, 5.41) is 1.01. The molecular weight excluding hydrogens is 265 g/mol. The third kappa shape index (κ3) is 4.77. The van der Waals surface area contributed by atoms with Gasteiger partial charge in [-0.05, 0) is 12.8 Å². The molecule has 1 fully saturated rings. The Bertz CT molecular complexity index is 342. The number of halogens is 3. The summed E-state index contributed by atoms with van der Waals surface area (Å²) in [4.78, 5) is 15.3. The van der Waals surface area contributed by atoms with Crippen molar-refractivity contribution in [2.75, 3.05) is 13.1 Å². The lowest BCUT2D eigenvalue weighted by Crippen LogP contribution is -2.41. The number of nitrogens with zero attached hydrogens (tertiary/aromatic N) is 1. The van der Waals surface area contributed by atoms with Crippen LogP contribution in [0.3, 0.4) is 0 Å². The van der Waals surface area contributed by atoms with E-state index in [1.54, 1.807) is 0 Å². The van der Waals surface area contributed by atoms with Crippen LogP contribution in [0.1, 0.15) is 12.8 Å². The topological polar surface area (TPSA) is 75.7 Å². The molecule has 0 unspecified atom stereocenters. The molecule has 0 atom stereocenters. The van der Waals surface area contributed by atoms with Crippen LogP contribution in [-0.2, 0) is 15.7 Å². The smallest absolute Gasteiger partial charge is 0.350 e. The highest BCUT2D eigenvalue weighted by Gasteiger charge is 2.41. The van der Waals surface area contributed by atoms with E-state index in [-0.39, 0.29) is 25.9 Å². The van der Waals surface area contributed by atoms with E-state index in [4.69, 9.17) is 0 Å². The maximum atomic E-state index is 12.3. The molecule has 1 saturated heterocycles. The fraction of sp³-hybridized carbons (Fsp3) is 0.857. The Labute approximate surface area is 96.8 Å². The molecule has 0 saturated carbocycles. The van der Waals surface area contributed by atoms with E-state index >= 15 is 0 Å². The van der Waals surface area contributed by atoms with E-state index in [0.29, 0.717) is 0 Å². The number of hydrogen-bond donors (Lipinski definition) is 2. The predicted octanol–water partition coefficient (Wildman–Crippen LogP) is 0.428. The summed E-state index contributed by atoms with van der Waals surface area (Å²) >= 11 is 0. The number of amides is 1. The molecule has 0 bridgehead atoms. The minimum atomic E-state index is -4.24. The highest BCUT2D eigenvalue weighted by Crippen LogP contribution is 2.33. The van der Waals surface area contributed by atoms with Gasteiger partial charge in [-0.3, -0.25) is 0 Å². The molecule has 0 radical (unpaired) electrons. The molecule has 6 nitrogen and oxygen atoms in total. The number of nitrogens with one attached hydrogen (secondary N) is 1. The van der Waals surface area contributed by atoms with Crippen LogP contribution < -0.4 is 4.72 Å². The van der Waals surface area contributed by atoms with Gasteiger partial charge in [-0.2, -0.15) is 13.2 Å². The normalized spacial score (nSPS) is 19.3. The molecule has 1 rings (SSSR count). The predicted molar refractivity (Wildman–Crippen MR) is 50.3 cm³/mol. The van der Waals surface area contributed by atoms with Crippen molar-refractivity contribution in [3.63, 3.8) is 0 Å². The van der Waals surface area contributed by atoms with Crippen LogP contribution in [0.25, 0.3) is 0 Å². The van der Waals surface area contributed by atoms with Gasteiger partial charge in [-0.25, -0.2) is 17.9 Å². The van der Waals surface area contributed by atoms with E-state index in [2.05, 4.69) is 4.84 Å². The van der Waals surface area contributed by atoms with E-state index in [0.717, 1.165) is 5.06 Å². The Morgan fingerprint density at radius 2 is 1.82 bits per heavy atom. The Morgan fingerprint density at radius 3 is 2.24 bits per heavy atom. The van der Waals surface area contributed by atoms with Gasteiger partial charge >= 0.3 is 12.3 Å². The lowest BCUT2D eigenvalue weighted by molar-refractivity contribution is -0.204. The van der Waals surface area contributed by atoms with Gasteiger partial charge in [0.2, 0.25) is 10.9 Å². The lowest BCUT2D eigenvalue weighted by Gasteiger charge is -2.30. The van der Waals surface area contributed by atoms with Crippen LogP contribution in [0, 0.1) is 5.92 Å². The zero-order chi connectivity index (χ0) is 13.1. The first kappa shape index (κ1) is 14.0. The SMILES string of the molecule is O=C(N[SH](=O)=O)ON1CCC(C(F)(F)F)CC1. The number of carbonyl (C=O) groups is 1. The van der Waals surface area contributed by atoms with Gasteiger partial charge in [0, 0.05) is 13.1 Å². The van der Waals surface area contributed by atoms with Crippen LogP contribution in [-0.4, -0.2) is 38.8 Å². The quantitative estimate of drug-likeness (QED) is 0.715. The van der Waals surface area contributed by atoms with Crippen LogP contribution in [0.15, 0.2) is 0 Å². The Kier molecular flexibility index (Phi) is 4.57.